The summed E-state index contributed by atoms with van der Waals surface area (Å²) in [4.78, 5) is 33.9. The molecular formula is C22H24F2N4O2. The Kier molecular flexibility index (Phi) is 4.41. The molecule has 3 heterocycles. The number of rotatable bonds is 3. The third kappa shape index (κ3) is 3.70. The lowest BCUT2D eigenvalue weighted by molar-refractivity contribution is -0.0102. The van der Waals surface area contributed by atoms with Crippen LogP contribution in [0.25, 0.3) is 0 Å². The van der Waals surface area contributed by atoms with Gasteiger partial charge in [-0.2, -0.15) is 0 Å². The van der Waals surface area contributed by atoms with Gasteiger partial charge >= 0.3 is 0 Å². The van der Waals surface area contributed by atoms with E-state index in [1.54, 1.807) is 6.07 Å². The summed E-state index contributed by atoms with van der Waals surface area (Å²) in [5.41, 5.74) is 2.82. The van der Waals surface area contributed by atoms with Gasteiger partial charge in [-0.1, -0.05) is 0 Å². The molecule has 1 amide bonds. The van der Waals surface area contributed by atoms with Crippen molar-refractivity contribution in [2.45, 2.75) is 50.9 Å². The highest BCUT2D eigenvalue weighted by atomic mass is 19.3. The summed E-state index contributed by atoms with van der Waals surface area (Å²) >= 11 is 0. The van der Waals surface area contributed by atoms with Crippen LogP contribution in [0.15, 0.2) is 29.2 Å². The smallest absolute Gasteiger partial charge is 0.259 e. The maximum Gasteiger partial charge on any atom is 0.259 e. The number of aromatic nitrogens is 2. The number of aromatic amines is 1. The minimum absolute atomic E-state index is 0.147. The van der Waals surface area contributed by atoms with Crippen LogP contribution in [0.1, 0.15) is 53.7 Å². The summed E-state index contributed by atoms with van der Waals surface area (Å²) < 4.78 is 27.8. The van der Waals surface area contributed by atoms with Crippen molar-refractivity contribution in [2.75, 3.05) is 23.3 Å². The molecule has 2 fully saturated rings. The number of nitrogens with zero attached hydrogens (tertiary/aromatic N) is 2. The Morgan fingerprint density at radius 1 is 1.13 bits per heavy atom. The van der Waals surface area contributed by atoms with E-state index in [-0.39, 0.29) is 30.9 Å². The van der Waals surface area contributed by atoms with Gasteiger partial charge in [-0.25, -0.2) is 13.8 Å². The van der Waals surface area contributed by atoms with Gasteiger partial charge < -0.3 is 15.2 Å². The lowest BCUT2D eigenvalue weighted by Crippen LogP contribution is -2.30. The van der Waals surface area contributed by atoms with Crippen LogP contribution < -0.4 is 15.8 Å². The average molecular weight is 414 g/mol. The number of nitrogens with one attached hydrogen (secondary N) is 2. The van der Waals surface area contributed by atoms with Crippen molar-refractivity contribution in [3.05, 3.63) is 51.6 Å². The maximum absolute atomic E-state index is 13.9. The molecule has 30 heavy (non-hydrogen) atoms. The van der Waals surface area contributed by atoms with Crippen LogP contribution in [0.4, 0.5) is 20.3 Å². The van der Waals surface area contributed by atoms with E-state index >= 15 is 0 Å². The highest BCUT2D eigenvalue weighted by Gasteiger charge is 2.48. The van der Waals surface area contributed by atoms with Crippen molar-refractivity contribution >= 4 is 17.4 Å². The third-order valence-corrected chi connectivity index (χ3v) is 6.53. The van der Waals surface area contributed by atoms with Gasteiger partial charge in [-0.3, -0.25) is 9.59 Å². The highest BCUT2D eigenvalue weighted by Crippen LogP contribution is 2.55. The largest absolute Gasteiger partial charge is 0.356 e. The molecule has 2 aliphatic carbocycles. The first-order valence-corrected chi connectivity index (χ1v) is 10.5. The molecule has 2 aromatic heterocycles. The average Bonchev–Trinajstić information content (AvgIpc) is 3.37. The van der Waals surface area contributed by atoms with Crippen molar-refractivity contribution in [2.24, 2.45) is 5.41 Å². The Balaban J connectivity index is 1.50. The normalized spacial score (nSPS) is 21.2. The quantitative estimate of drug-likeness (QED) is 0.806. The molecule has 0 aromatic carbocycles. The number of pyridine rings is 2. The zero-order chi connectivity index (χ0) is 20.9. The summed E-state index contributed by atoms with van der Waals surface area (Å²) in [7, 11) is 0. The van der Waals surface area contributed by atoms with E-state index < -0.39 is 5.92 Å². The van der Waals surface area contributed by atoms with E-state index in [2.05, 4.69) is 10.3 Å². The number of hydrogen-bond acceptors (Lipinski definition) is 4. The summed E-state index contributed by atoms with van der Waals surface area (Å²) in [6, 6.07) is 4.80. The minimum Gasteiger partial charge on any atom is -0.356 e. The van der Waals surface area contributed by atoms with Crippen molar-refractivity contribution < 1.29 is 13.6 Å². The van der Waals surface area contributed by atoms with Crippen molar-refractivity contribution in [1.82, 2.24) is 9.97 Å². The van der Waals surface area contributed by atoms with Crippen molar-refractivity contribution in [1.29, 1.82) is 0 Å². The number of anilines is 2. The monoisotopic (exact) mass is 414 g/mol. The van der Waals surface area contributed by atoms with Gasteiger partial charge in [0.1, 0.15) is 5.82 Å². The maximum atomic E-state index is 13.9. The molecule has 1 saturated carbocycles. The summed E-state index contributed by atoms with van der Waals surface area (Å²) in [6.07, 6.45) is 5.58. The second-order valence-corrected chi connectivity index (χ2v) is 8.91. The van der Waals surface area contributed by atoms with E-state index in [1.165, 1.54) is 25.1 Å². The second kappa shape index (κ2) is 6.89. The number of alkyl halides is 2. The summed E-state index contributed by atoms with van der Waals surface area (Å²) in [5.74, 6) is -2.58. The number of H-pyrrole nitrogens is 1. The molecular weight excluding hydrogens is 390 g/mol. The van der Waals surface area contributed by atoms with Crippen molar-refractivity contribution in [3.8, 4) is 0 Å². The molecule has 0 atom stereocenters. The lowest BCUT2D eigenvalue weighted by Gasteiger charge is -2.25. The fourth-order valence-corrected chi connectivity index (χ4v) is 4.64. The van der Waals surface area contributed by atoms with Crippen LogP contribution in [0.3, 0.4) is 0 Å². The van der Waals surface area contributed by atoms with Gasteiger partial charge in [0.05, 0.1) is 5.56 Å². The standard InChI is InChI=1S/C22H24F2N4O2/c23-22(24)3-1-8-28(9-6-22)19-16(20(30)26-15-2-7-25-18(29)11-15)10-14-12-21(4-5-21)13-17(14)27-19/h2,7,10-11H,1,3-6,8-9,12-13H2,(H2,25,26,29,30). The zero-order valence-electron chi connectivity index (χ0n) is 16.6. The van der Waals surface area contributed by atoms with Crippen LogP contribution in [0, 0.1) is 5.41 Å². The fraction of sp³-hybridized carbons (Fsp3) is 0.500. The Hall–Kier alpha value is -2.77. The molecule has 1 spiro atoms. The van der Waals surface area contributed by atoms with Gasteiger partial charge in [0.25, 0.3) is 5.91 Å². The predicted octanol–water partition coefficient (Wildman–Crippen LogP) is 3.53. The van der Waals surface area contributed by atoms with Crippen molar-refractivity contribution in [3.63, 3.8) is 0 Å². The molecule has 2 aromatic rings. The molecule has 6 nitrogen and oxygen atoms in total. The molecule has 1 saturated heterocycles. The molecule has 5 rings (SSSR count). The molecule has 1 aliphatic heterocycles. The third-order valence-electron chi connectivity index (χ3n) is 6.53. The first-order valence-electron chi connectivity index (χ1n) is 10.5. The minimum atomic E-state index is -2.68. The van der Waals surface area contributed by atoms with E-state index in [0.717, 1.165) is 24.1 Å². The van der Waals surface area contributed by atoms with Crippen LogP contribution >= 0.6 is 0 Å². The van der Waals surface area contributed by atoms with Crippen LogP contribution in [-0.4, -0.2) is 34.9 Å². The summed E-state index contributed by atoms with van der Waals surface area (Å²) in [6.45, 7) is 0.604. The first kappa shape index (κ1) is 19.2. The number of carbonyl (C=O) groups excluding carboxylic acids is 1. The molecule has 3 aliphatic rings. The van der Waals surface area contributed by atoms with E-state index in [1.807, 2.05) is 11.0 Å². The second-order valence-electron chi connectivity index (χ2n) is 8.91. The Bertz CT molecular complexity index is 1060. The van der Waals surface area contributed by atoms with E-state index in [0.29, 0.717) is 35.4 Å². The zero-order valence-corrected chi connectivity index (χ0v) is 16.6. The van der Waals surface area contributed by atoms with Crippen LogP contribution in [0.5, 0.6) is 0 Å². The van der Waals surface area contributed by atoms with Gasteiger partial charge in [-0.05, 0) is 55.2 Å². The molecule has 0 bridgehead atoms. The molecule has 158 valence electrons. The fourth-order valence-electron chi connectivity index (χ4n) is 4.64. The van der Waals surface area contributed by atoms with Crippen LogP contribution in [-0.2, 0) is 12.8 Å². The SMILES string of the molecule is O=C(Nc1cc[nH]c(=O)c1)c1cc2c(nc1N1CCCC(F)(F)CC1)CC1(CC1)C2. The molecule has 0 radical (unpaired) electrons. The Morgan fingerprint density at radius 3 is 2.73 bits per heavy atom. The van der Waals surface area contributed by atoms with E-state index in [9.17, 15) is 18.4 Å². The highest BCUT2D eigenvalue weighted by molar-refractivity contribution is 6.07. The molecule has 2 N–H and O–H groups in total. The number of carbonyl (C=O) groups is 1. The molecule has 0 unspecified atom stereocenters. The first-order chi connectivity index (χ1) is 14.3. The van der Waals surface area contributed by atoms with E-state index in [4.69, 9.17) is 4.98 Å². The summed E-state index contributed by atoms with van der Waals surface area (Å²) in [5, 5.41) is 2.76. The van der Waals surface area contributed by atoms with Gasteiger partial charge in [0, 0.05) is 49.6 Å². The van der Waals surface area contributed by atoms with Gasteiger partial charge in [0.15, 0.2) is 0 Å². The van der Waals surface area contributed by atoms with Gasteiger partial charge in [0.2, 0.25) is 11.5 Å². The Morgan fingerprint density at radius 2 is 1.97 bits per heavy atom. The number of fused-ring (bicyclic) bond motifs is 1. The molecule has 8 heteroatoms. The number of hydrogen-bond donors (Lipinski definition) is 2. The van der Waals surface area contributed by atoms with Gasteiger partial charge in [-0.15, -0.1) is 0 Å². The number of halogens is 2. The van der Waals surface area contributed by atoms with Crippen LogP contribution in [0.2, 0.25) is 0 Å². The Labute approximate surface area is 172 Å². The topological polar surface area (TPSA) is 78.1 Å². The number of amides is 1. The predicted molar refractivity (Wildman–Crippen MR) is 109 cm³/mol. The lowest BCUT2D eigenvalue weighted by atomic mass is 10.0.